The minimum absolute atomic E-state index is 0.0981. The highest BCUT2D eigenvalue weighted by molar-refractivity contribution is 6.00. The average Bonchev–Trinajstić information content (AvgIpc) is 3.59. The first-order chi connectivity index (χ1) is 26.1. The zero-order valence-corrected chi connectivity index (χ0v) is 33.6. The average molecular weight is 761 g/mol. The number of hydrogen-bond acceptors (Lipinski definition) is 8. The van der Waals surface area contributed by atoms with Crippen molar-refractivity contribution in [1.82, 2.24) is 25.9 Å². The van der Waals surface area contributed by atoms with Crippen LogP contribution in [0.4, 0.5) is 4.79 Å². The molecule has 6 N–H and O–H groups in total. The third-order valence-corrected chi connectivity index (χ3v) is 10.6. The molecule has 2 aromatic carbocycles. The Morgan fingerprint density at radius 3 is 2.13 bits per heavy atom. The molecular weight excluding hydrogens is 697 g/mol. The van der Waals surface area contributed by atoms with Crippen molar-refractivity contribution >= 4 is 23.8 Å². The number of amides is 4. The minimum atomic E-state index is -1.08. The molecule has 2 aliphatic heterocycles. The molecule has 0 saturated carbocycles. The fourth-order valence-electron chi connectivity index (χ4n) is 7.99. The molecule has 0 spiro atoms. The molecule has 2 fully saturated rings. The van der Waals surface area contributed by atoms with Crippen LogP contribution in [0.5, 0.6) is 0 Å². The Morgan fingerprint density at radius 2 is 1.51 bits per heavy atom. The van der Waals surface area contributed by atoms with Gasteiger partial charge in [-0.2, -0.15) is 5.06 Å². The summed E-state index contributed by atoms with van der Waals surface area (Å²) in [5.74, 6) is -2.13. The van der Waals surface area contributed by atoms with Gasteiger partial charge in [0, 0.05) is 36.3 Å². The Kier molecular flexibility index (Phi) is 15.9. The van der Waals surface area contributed by atoms with Crippen molar-refractivity contribution in [3.63, 3.8) is 0 Å². The first-order valence-electron chi connectivity index (χ1n) is 19.9. The number of rotatable bonds is 17. The summed E-state index contributed by atoms with van der Waals surface area (Å²) in [5, 5.41) is 21.1. The van der Waals surface area contributed by atoms with E-state index in [0.29, 0.717) is 51.0 Å². The van der Waals surface area contributed by atoms with Crippen molar-refractivity contribution in [2.45, 2.75) is 129 Å². The summed E-state index contributed by atoms with van der Waals surface area (Å²) in [4.78, 5) is 56.5. The Morgan fingerprint density at radius 1 is 0.909 bits per heavy atom. The second-order valence-electron chi connectivity index (χ2n) is 16.9. The molecule has 2 saturated heterocycles. The van der Waals surface area contributed by atoms with Gasteiger partial charge in [0.1, 0.15) is 18.7 Å². The molecule has 0 radical (unpaired) electrons. The Bertz CT molecular complexity index is 1560. The van der Waals surface area contributed by atoms with Crippen molar-refractivity contribution in [2.75, 3.05) is 13.1 Å². The van der Waals surface area contributed by atoms with Crippen LogP contribution in [0.15, 0.2) is 72.8 Å². The highest BCUT2D eigenvalue weighted by atomic mass is 16.5. The molecule has 12 nitrogen and oxygen atoms in total. The van der Waals surface area contributed by atoms with E-state index in [4.69, 9.17) is 10.5 Å². The van der Waals surface area contributed by atoms with Gasteiger partial charge in [0.25, 0.3) is 0 Å². The van der Waals surface area contributed by atoms with Crippen LogP contribution in [-0.4, -0.2) is 81.4 Å². The van der Waals surface area contributed by atoms with E-state index >= 15 is 0 Å². The second kappa shape index (κ2) is 20.1. The van der Waals surface area contributed by atoms with Crippen LogP contribution in [0.2, 0.25) is 0 Å². The molecule has 4 atom stereocenters. The van der Waals surface area contributed by atoms with Gasteiger partial charge in [0.05, 0.1) is 5.92 Å². The lowest BCUT2D eigenvalue weighted by Gasteiger charge is -2.51. The lowest BCUT2D eigenvalue weighted by atomic mass is 9.78. The van der Waals surface area contributed by atoms with Crippen molar-refractivity contribution in [3.05, 3.63) is 83.9 Å². The number of alkyl carbamates (subject to hydrolysis) is 1. The van der Waals surface area contributed by atoms with Gasteiger partial charge in [0.2, 0.25) is 17.7 Å². The van der Waals surface area contributed by atoms with Crippen LogP contribution in [0.1, 0.15) is 97.6 Å². The highest BCUT2D eigenvalue weighted by Crippen LogP contribution is 2.37. The number of hydrogen-bond donors (Lipinski definition) is 5. The van der Waals surface area contributed by atoms with Gasteiger partial charge in [-0.1, -0.05) is 86.7 Å². The van der Waals surface area contributed by atoms with Crippen LogP contribution in [0.3, 0.4) is 0 Å². The van der Waals surface area contributed by atoms with Gasteiger partial charge in [-0.05, 0) is 96.1 Å². The number of carbonyl (C=O) groups is 4. The molecule has 12 heteroatoms. The van der Waals surface area contributed by atoms with Crippen LogP contribution in [-0.2, 0) is 32.1 Å². The number of nitrogens with two attached hydrogens (primary N) is 1. The third-order valence-electron chi connectivity index (χ3n) is 10.6. The summed E-state index contributed by atoms with van der Waals surface area (Å²) in [6.07, 6.45) is 6.72. The van der Waals surface area contributed by atoms with Gasteiger partial charge in [-0.15, -0.1) is 0 Å². The number of ether oxygens (including phenoxy) is 1. The second-order valence-corrected chi connectivity index (χ2v) is 16.9. The Labute approximate surface area is 327 Å². The largest absolute Gasteiger partial charge is 0.445 e. The van der Waals surface area contributed by atoms with E-state index in [9.17, 15) is 24.4 Å². The number of likely N-dealkylation sites (tertiary alicyclic amines) is 1. The fraction of sp³-hybridized carbons (Fsp3) is 0.581. The maximum Gasteiger partial charge on any atom is 0.407 e. The molecule has 0 aliphatic carbocycles. The van der Waals surface area contributed by atoms with Crippen LogP contribution in [0.25, 0.3) is 0 Å². The molecule has 2 aliphatic rings. The predicted octanol–water partition coefficient (Wildman–Crippen LogP) is 5.69. The molecular formula is C43H64N6O6. The van der Waals surface area contributed by atoms with Crippen molar-refractivity contribution in [2.24, 2.45) is 23.5 Å². The molecule has 2 aromatic rings. The maximum atomic E-state index is 14.2. The molecule has 4 rings (SSSR count). The fourth-order valence-corrected chi connectivity index (χ4v) is 7.99. The first-order valence-corrected chi connectivity index (χ1v) is 19.9. The van der Waals surface area contributed by atoms with Gasteiger partial charge in [0.15, 0.2) is 0 Å². The Balaban J connectivity index is 1.46. The highest BCUT2D eigenvalue weighted by Gasteiger charge is 2.46. The predicted molar refractivity (Wildman–Crippen MR) is 213 cm³/mol. The maximum absolute atomic E-state index is 14.2. The molecule has 0 unspecified atom stereocenters. The number of hydroxylamine groups is 2. The van der Waals surface area contributed by atoms with Crippen molar-refractivity contribution < 1.29 is 29.1 Å². The zero-order chi connectivity index (χ0) is 40.2. The topological polar surface area (TPSA) is 166 Å². The molecule has 0 aromatic heterocycles. The SMILES string of the molecule is CC(C)C[C@H](N)/C=C/[C@H](Cc1ccccc1)C(=O)N1CCC[C@H]1NC(=O)[C@H](CCCNC(=O)OCc1ccccc1)C(=O)NC1CC(C)(C)N(O)C(C)(C)C1. The molecule has 302 valence electrons. The normalized spacial score (nSPS) is 20.2. The van der Waals surface area contributed by atoms with E-state index in [1.54, 1.807) is 4.90 Å². The molecule has 0 bridgehead atoms. The summed E-state index contributed by atoms with van der Waals surface area (Å²) in [6, 6.07) is 18.7. The number of benzene rings is 2. The van der Waals surface area contributed by atoms with Gasteiger partial charge < -0.3 is 36.5 Å². The lowest BCUT2D eigenvalue weighted by Crippen LogP contribution is -2.63. The van der Waals surface area contributed by atoms with E-state index in [1.165, 1.54) is 5.06 Å². The number of piperidine rings is 1. The number of nitrogens with zero attached hydrogens (tertiary/aromatic N) is 2. The first kappa shape index (κ1) is 43.5. The Hall–Kier alpha value is -4.26. The van der Waals surface area contributed by atoms with Crippen LogP contribution < -0.4 is 21.7 Å². The third kappa shape index (κ3) is 13.2. The summed E-state index contributed by atoms with van der Waals surface area (Å²) < 4.78 is 5.32. The van der Waals surface area contributed by atoms with E-state index in [1.807, 2.05) is 101 Å². The van der Waals surface area contributed by atoms with Crippen LogP contribution >= 0.6 is 0 Å². The minimum Gasteiger partial charge on any atom is -0.445 e. The van der Waals surface area contributed by atoms with Gasteiger partial charge in [-0.3, -0.25) is 14.4 Å². The molecule has 2 heterocycles. The summed E-state index contributed by atoms with van der Waals surface area (Å²) in [5.41, 5.74) is 7.06. The summed E-state index contributed by atoms with van der Waals surface area (Å²) in [6.45, 7) is 12.7. The quantitative estimate of drug-likeness (QED) is 0.0780. The lowest BCUT2D eigenvalue weighted by molar-refractivity contribution is -0.246. The van der Waals surface area contributed by atoms with Gasteiger partial charge in [-0.25, -0.2) is 4.79 Å². The van der Waals surface area contributed by atoms with E-state index in [2.05, 4.69) is 29.8 Å². The van der Waals surface area contributed by atoms with Crippen LogP contribution in [0, 0.1) is 17.8 Å². The summed E-state index contributed by atoms with van der Waals surface area (Å²) in [7, 11) is 0. The van der Waals surface area contributed by atoms with Gasteiger partial charge >= 0.3 is 6.09 Å². The zero-order valence-electron chi connectivity index (χ0n) is 33.6. The monoisotopic (exact) mass is 760 g/mol. The number of carbonyl (C=O) groups excluding carboxylic acids is 4. The van der Waals surface area contributed by atoms with Crippen molar-refractivity contribution in [1.29, 1.82) is 0 Å². The van der Waals surface area contributed by atoms with Crippen molar-refractivity contribution in [3.8, 4) is 0 Å². The number of nitrogens with one attached hydrogen (secondary N) is 3. The van der Waals surface area contributed by atoms with E-state index in [-0.39, 0.29) is 37.6 Å². The standard InChI is InChI=1S/C43H64N6O6/c1-30(2)25-34(44)22-21-33(26-31-15-9-7-10-16-31)40(52)48-24-14-20-37(48)47-39(51)36(19-13-23-45-41(53)55-29-32-17-11-8-12-18-32)38(50)46-35-27-42(3,4)49(54)43(5,6)28-35/h7-12,15-18,21-22,30,33-37,54H,13-14,19-20,23-29,44H2,1-6H3,(H,45,53)(H,46,50)(H,47,51)/b22-21+/t33-,34-,36-,37+/m1/s1. The van der Waals surface area contributed by atoms with E-state index in [0.717, 1.165) is 17.5 Å². The van der Waals surface area contributed by atoms with E-state index < -0.39 is 47.0 Å². The molecule has 4 amide bonds. The molecule has 55 heavy (non-hydrogen) atoms. The smallest absolute Gasteiger partial charge is 0.407 e. The summed E-state index contributed by atoms with van der Waals surface area (Å²) >= 11 is 0.